The average Bonchev–Trinajstić information content (AvgIpc) is 2.16. The topological polar surface area (TPSA) is 62.7 Å². The van der Waals surface area contributed by atoms with Crippen molar-refractivity contribution in [1.29, 1.82) is 5.26 Å². The molecule has 0 unspecified atom stereocenters. The maximum Gasteiger partial charge on any atom is 0.267 e. The molecule has 2 N–H and O–H groups in total. The first-order chi connectivity index (χ1) is 7.10. The molecule has 0 bridgehead atoms. The summed E-state index contributed by atoms with van der Waals surface area (Å²) in [5.74, 6) is 0. The van der Waals surface area contributed by atoms with Crippen LogP contribution < -0.4 is 5.73 Å². The molecule has 0 saturated carbocycles. The quantitative estimate of drug-likeness (QED) is 0.863. The number of nitrogen functional groups attached to an aromatic ring is 1. The Morgan fingerprint density at radius 3 is 2.73 bits per heavy atom. The molecule has 15 heavy (non-hydrogen) atoms. The second kappa shape index (κ2) is 5.03. The third-order valence-corrected chi connectivity index (χ3v) is 2.40. The summed E-state index contributed by atoms with van der Waals surface area (Å²) in [4.78, 5) is 3.93. The van der Waals surface area contributed by atoms with Crippen LogP contribution in [0.2, 0.25) is 0 Å². The van der Waals surface area contributed by atoms with E-state index < -0.39 is 6.43 Å². The van der Waals surface area contributed by atoms with Gasteiger partial charge in [-0.15, -0.1) is 0 Å². The van der Waals surface area contributed by atoms with E-state index in [1.807, 2.05) is 0 Å². The van der Waals surface area contributed by atoms with E-state index in [1.54, 1.807) is 6.07 Å². The van der Waals surface area contributed by atoms with Gasteiger partial charge in [0.05, 0.1) is 29.4 Å². The largest absolute Gasteiger partial charge is 0.398 e. The molecule has 1 aromatic rings. The Bertz CT molecular complexity index is 401. The summed E-state index contributed by atoms with van der Waals surface area (Å²) in [5, 5.41) is 8.91. The fourth-order valence-corrected chi connectivity index (χ4v) is 1.51. The van der Waals surface area contributed by atoms with Crippen molar-refractivity contribution in [3.63, 3.8) is 0 Å². The summed E-state index contributed by atoms with van der Waals surface area (Å²) < 4.78 is 25.2. The van der Waals surface area contributed by atoms with Crippen molar-refractivity contribution in [2.75, 3.05) is 5.73 Å². The molecular formula is C9H8BrF2N3. The maximum atomic E-state index is 12.6. The zero-order valence-electron chi connectivity index (χ0n) is 7.67. The van der Waals surface area contributed by atoms with E-state index in [-0.39, 0.29) is 23.4 Å². The van der Waals surface area contributed by atoms with Crippen LogP contribution in [0.5, 0.6) is 0 Å². The molecule has 0 aliphatic heterocycles. The Labute approximate surface area is 94.0 Å². The van der Waals surface area contributed by atoms with Gasteiger partial charge in [-0.05, 0) is 6.07 Å². The minimum absolute atomic E-state index is 0.0142. The van der Waals surface area contributed by atoms with Crippen LogP contribution in [0.15, 0.2) is 6.07 Å². The number of aromatic nitrogens is 1. The first-order valence-corrected chi connectivity index (χ1v) is 5.21. The molecular weight excluding hydrogens is 268 g/mol. The molecule has 0 aromatic carbocycles. The lowest BCUT2D eigenvalue weighted by Crippen LogP contribution is -2.05. The van der Waals surface area contributed by atoms with Crippen LogP contribution in [0.4, 0.5) is 14.5 Å². The van der Waals surface area contributed by atoms with Gasteiger partial charge in [0.25, 0.3) is 6.43 Å². The summed E-state index contributed by atoms with van der Waals surface area (Å²) in [6.07, 6.45) is -2.87. The number of nitrogens with two attached hydrogens (primary N) is 1. The smallest absolute Gasteiger partial charge is 0.267 e. The van der Waals surface area contributed by atoms with Crippen molar-refractivity contribution < 1.29 is 8.78 Å². The van der Waals surface area contributed by atoms with Gasteiger partial charge in [-0.25, -0.2) is 8.78 Å². The first-order valence-electron chi connectivity index (χ1n) is 4.09. The number of alkyl halides is 3. The predicted molar refractivity (Wildman–Crippen MR) is 55.6 cm³/mol. The molecule has 0 atom stereocenters. The highest BCUT2D eigenvalue weighted by Gasteiger charge is 2.18. The first kappa shape index (κ1) is 11.9. The maximum absolute atomic E-state index is 12.6. The van der Waals surface area contributed by atoms with Crippen LogP contribution in [-0.2, 0) is 11.8 Å². The van der Waals surface area contributed by atoms with E-state index in [4.69, 9.17) is 11.0 Å². The summed E-state index contributed by atoms with van der Waals surface area (Å²) >= 11 is 3.15. The van der Waals surface area contributed by atoms with E-state index in [0.29, 0.717) is 11.0 Å². The van der Waals surface area contributed by atoms with Gasteiger partial charge in [-0.2, -0.15) is 5.26 Å². The van der Waals surface area contributed by atoms with E-state index in [2.05, 4.69) is 20.9 Å². The highest BCUT2D eigenvalue weighted by molar-refractivity contribution is 9.08. The predicted octanol–water partition coefficient (Wildman–Crippen LogP) is 2.56. The van der Waals surface area contributed by atoms with E-state index in [0.717, 1.165) is 0 Å². The summed E-state index contributed by atoms with van der Waals surface area (Å²) in [7, 11) is 0. The molecule has 3 nitrogen and oxygen atoms in total. The molecule has 1 heterocycles. The van der Waals surface area contributed by atoms with Gasteiger partial charge < -0.3 is 5.73 Å². The fourth-order valence-electron chi connectivity index (χ4n) is 1.22. The Hall–Kier alpha value is -1.22. The third-order valence-electron chi connectivity index (χ3n) is 1.82. The van der Waals surface area contributed by atoms with Gasteiger partial charge in [0.15, 0.2) is 0 Å². The highest BCUT2D eigenvalue weighted by Crippen LogP contribution is 2.29. The van der Waals surface area contributed by atoms with Crippen molar-refractivity contribution in [2.45, 2.75) is 18.2 Å². The van der Waals surface area contributed by atoms with E-state index in [9.17, 15) is 8.78 Å². The van der Waals surface area contributed by atoms with Crippen molar-refractivity contribution >= 4 is 21.6 Å². The van der Waals surface area contributed by atoms with Crippen molar-refractivity contribution in [3.05, 3.63) is 23.0 Å². The Morgan fingerprint density at radius 1 is 1.60 bits per heavy atom. The molecule has 0 spiro atoms. The molecule has 0 aliphatic carbocycles. The number of nitriles is 1. The van der Waals surface area contributed by atoms with Crippen LogP contribution in [0.25, 0.3) is 0 Å². The number of hydrogen-bond acceptors (Lipinski definition) is 3. The number of nitrogens with zero attached hydrogens (tertiary/aromatic N) is 2. The lowest BCUT2D eigenvalue weighted by Gasteiger charge is -2.10. The Balaban J connectivity index is 3.30. The van der Waals surface area contributed by atoms with Crippen LogP contribution in [-0.4, -0.2) is 4.98 Å². The molecule has 0 aliphatic rings. The average molecular weight is 276 g/mol. The minimum Gasteiger partial charge on any atom is -0.398 e. The van der Waals surface area contributed by atoms with Crippen molar-refractivity contribution in [1.82, 2.24) is 4.98 Å². The number of anilines is 1. The van der Waals surface area contributed by atoms with Gasteiger partial charge in [-0.1, -0.05) is 15.9 Å². The number of halogens is 3. The zero-order valence-corrected chi connectivity index (χ0v) is 9.26. The number of rotatable bonds is 3. The minimum atomic E-state index is -2.70. The summed E-state index contributed by atoms with van der Waals surface area (Å²) in [6.45, 7) is 0. The van der Waals surface area contributed by atoms with Gasteiger partial charge in [0.1, 0.15) is 0 Å². The fraction of sp³-hybridized carbons (Fsp3) is 0.333. The normalized spacial score (nSPS) is 10.3. The van der Waals surface area contributed by atoms with Crippen LogP contribution in [0.1, 0.15) is 23.4 Å². The second-order valence-electron chi connectivity index (χ2n) is 2.83. The van der Waals surface area contributed by atoms with E-state index >= 15 is 0 Å². The van der Waals surface area contributed by atoms with Gasteiger partial charge in [-0.3, -0.25) is 4.98 Å². The second-order valence-corrected chi connectivity index (χ2v) is 3.39. The molecule has 0 fully saturated rings. The lowest BCUT2D eigenvalue weighted by molar-refractivity contribution is 0.150. The SMILES string of the molecule is N#CCc1nc(CBr)cc(N)c1C(F)F. The Kier molecular flexibility index (Phi) is 3.97. The highest BCUT2D eigenvalue weighted by atomic mass is 79.9. The van der Waals surface area contributed by atoms with Crippen molar-refractivity contribution in [3.8, 4) is 6.07 Å². The lowest BCUT2D eigenvalue weighted by atomic mass is 10.1. The monoisotopic (exact) mass is 275 g/mol. The standard InChI is InChI=1S/C9H8BrF2N3/c10-4-5-3-6(14)8(9(11)12)7(15-5)1-2-13/h3,9H,1,4H2,(H2,14,15). The molecule has 80 valence electrons. The number of hydrogen-bond donors (Lipinski definition) is 1. The van der Waals surface area contributed by atoms with Crippen LogP contribution >= 0.6 is 15.9 Å². The van der Waals surface area contributed by atoms with E-state index in [1.165, 1.54) is 6.07 Å². The van der Waals surface area contributed by atoms with Gasteiger partial charge >= 0.3 is 0 Å². The van der Waals surface area contributed by atoms with Crippen LogP contribution in [0, 0.1) is 11.3 Å². The molecule has 0 amide bonds. The molecule has 0 saturated heterocycles. The molecule has 1 aromatic heterocycles. The third kappa shape index (κ3) is 2.63. The molecule has 0 radical (unpaired) electrons. The molecule has 6 heteroatoms. The Morgan fingerprint density at radius 2 is 2.27 bits per heavy atom. The van der Waals surface area contributed by atoms with Crippen molar-refractivity contribution in [2.24, 2.45) is 0 Å². The van der Waals surface area contributed by atoms with Gasteiger partial charge in [0.2, 0.25) is 0 Å². The molecule has 1 rings (SSSR count). The summed E-state index contributed by atoms with van der Waals surface area (Å²) in [6, 6.07) is 3.18. The summed E-state index contributed by atoms with van der Waals surface area (Å²) in [5.41, 5.74) is 5.73. The van der Waals surface area contributed by atoms with Gasteiger partial charge in [0, 0.05) is 11.0 Å². The number of pyridine rings is 1. The van der Waals surface area contributed by atoms with Crippen LogP contribution in [0.3, 0.4) is 0 Å². The zero-order chi connectivity index (χ0) is 11.4.